The van der Waals surface area contributed by atoms with Crippen molar-refractivity contribution in [3.63, 3.8) is 0 Å². The highest BCUT2D eigenvalue weighted by molar-refractivity contribution is 7.80. The van der Waals surface area contributed by atoms with Crippen LogP contribution in [0.25, 0.3) is 5.69 Å². The number of nitrogens with one attached hydrogen (secondary N) is 1. The summed E-state index contributed by atoms with van der Waals surface area (Å²) >= 11 is 5.84. The van der Waals surface area contributed by atoms with Crippen LogP contribution in [0, 0.1) is 34.6 Å². The molecule has 0 aliphatic carbocycles. The second-order valence-corrected chi connectivity index (χ2v) is 10.7. The van der Waals surface area contributed by atoms with Gasteiger partial charge in [-0.05, 0) is 64.5 Å². The van der Waals surface area contributed by atoms with Gasteiger partial charge in [-0.25, -0.2) is 4.68 Å². The number of hydrogen-bond donors (Lipinski definition) is 1. The molecular weight excluding hydrogens is 490 g/mol. The highest BCUT2D eigenvalue weighted by Gasteiger charge is 2.23. The first kappa shape index (κ1) is 26.1. The van der Waals surface area contributed by atoms with Crippen molar-refractivity contribution in [1.29, 1.82) is 0 Å². The first-order valence-electron chi connectivity index (χ1n) is 13.3. The summed E-state index contributed by atoms with van der Waals surface area (Å²) in [6.07, 6.45) is 0. The lowest BCUT2D eigenvalue weighted by atomic mass is 10.1. The summed E-state index contributed by atoms with van der Waals surface area (Å²) in [6, 6.07) is 19.0. The molecule has 4 aromatic rings. The molecule has 0 amide bonds. The molecule has 1 saturated heterocycles. The molecule has 5 rings (SSSR count). The summed E-state index contributed by atoms with van der Waals surface area (Å²) in [5.74, 6) is 0. The molecule has 7 nitrogen and oxygen atoms in total. The summed E-state index contributed by atoms with van der Waals surface area (Å²) < 4.78 is 4.12. The maximum atomic E-state index is 5.84. The fourth-order valence-corrected chi connectivity index (χ4v) is 5.43. The molecule has 1 aliphatic heterocycles. The van der Waals surface area contributed by atoms with Crippen molar-refractivity contribution in [1.82, 2.24) is 29.4 Å². The third-order valence-electron chi connectivity index (χ3n) is 7.55. The molecule has 198 valence electrons. The van der Waals surface area contributed by atoms with E-state index in [1.165, 1.54) is 22.4 Å². The number of hydrogen-bond acceptors (Lipinski definition) is 4. The average molecular weight is 528 g/mol. The molecule has 1 N–H and O–H groups in total. The van der Waals surface area contributed by atoms with Crippen LogP contribution in [0.1, 0.15) is 39.5 Å². The van der Waals surface area contributed by atoms with Crippen LogP contribution in [0.5, 0.6) is 0 Å². The van der Waals surface area contributed by atoms with Crippen LogP contribution in [0.15, 0.2) is 54.6 Å². The van der Waals surface area contributed by atoms with Crippen LogP contribution >= 0.6 is 12.2 Å². The number of nitrogens with zero attached hydrogens (tertiary/aromatic N) is 6. The Morgan fingerprint density at radius 1 is 0.789 bits per heavy atom. The van der Waals surface area contributed by atoms with Crippen LogP contribution < -0.4 is 5.32 Å². The van der Waals surface area contributed by atoms with E-state index in [4.69, 9.17) is 22.4 Å². The van der Waals surface area contributed by atoms with E-state index in [0.29, 0.717) is 0 Å². The van der Waals surface area contributed by atoms with Crippen LogP contribution in [0.4, 0.5) is 5.69 Å². The lowest BCUT2D eigenvalue weighted by Gasteiger charge is -2.36. The van der Waals surface area contributed by atoms with Crippen molar-refractivity contribution >= 4 is 23.0 Å². The number of piperazine rings is 1. The Morgan fingerprint density at radius 2 is 1.47 bits per heavy atom. The molecule has 0 saturated carbocycles. The van der Waals surface area contributed by atoms with Gasteiger partial charge in [0.25, 0.3) is 0 Å². The lowest BCUT2D eigenvalue weighted by Crippen LogP contribution is -2.49. The Morgan fingerprint density at radius 3 is 2.16 bits per heavy atom. The van der Waals surface area contributed by atoms with E-state index in [-0.39, 0.29) is 0 Å². The molecular formula is C30H37N7S. The van der Waals surface area contributed by atoms with Crippen molar-refractivity contribution in [3.05, 3.63) is 94.1 Å². The van der Waals surface area contributed by atoms with Gasteiger partial charge < -0.3 is 10.2 Å². The van der Waals surface area contributed by atoms with E-state index in [0.717, 1.165) is 72.8 Å². The second kappa shape index (κ2) is 11.1. The molecule has 0 spiro atoms. The van der Waals surface area contributed by atoms with Crippen LogP contribution in [0.2, 0.25) is 0 Å². The normalized spacial score (nSPS) is 14.2. The van der Waals surface area contributed by atoms with Crippen molar-refractivity contribution in [2.24, 2.45) is 0 Å². The molecule has 2 aromatic heterocycles. The van der Waals surface area contributed by atoms with Gasteiger partial charge in [0.15, 0.2) is 5.11 Å². The van der Waals surface area contributed by atoms with Gasteiger partial charge in [0.05, 0.1) is 35.0 Å². The van der Waals surface area contributed by atoms with E-state index in [1.54, 1.807) is 0 Å². The monoisotopic (exact) mass is 527 g/mol. The van der Waals surface area contributed by atoms with Gasteiger partial charge in [-0.1, -0.05) is 48.0 Å². The number of aromatic nitrogens is 4. The number of thiocarbonyl (C=S) groups is 1. The SMILES string of the molecule is Cc1ccc(Cn2nc(C)c(NC(=S)N3CCN(Cc4c(C)nn(-c5ccccc5)c4C)CC3)c2C)cc1. The Bertz CT molecular complexity index is 1410. The Hall–Kier alpha value is -3.49. The van der Waals surface area contributed by atoms with Crippen molar-refractivity contribution in [2.75, 3.05) is 31.5 Å². The zero-order chi connectivity index (χ0) is 26.8. The smallest absolute Gasteiger partial charge is 0.173 e. The molecule has 3 heterocycles. The number of para-hydroxylation sites is 1. The Labute approximate surface area is 231 Å². The summed E-state index contributed by atoms with van der Waals surface area (Å²) in [5, 5.41) is 13.9. The minimum Gasteiger partial charge on any atom is -0.346 e. The zero-order valence-electron chi connectivity index (χ0n) is 23.0. The number of rotatable bonds is 6. The Balaban J connectivity index is 1.19. The third-order valence-corrected chi connectivity index (χ3v) is 7.91. The number of anilines is 1. The molecule has 1 fully saturated rings. The molecule has 0 atom stereocenters. The molecule has 0 unspecified atom stereocenters. The molecule has 0 bridgehead atoms. The fraction of sp³-hybridized carbons (Fsp3) is 0.367. The zero-order valence-corrected chi connectivity index (χ0v) is 23.8. The third kappa shape index (κ3) is 5.51. The van der Waals surface area contributed by atoms with Crippen LogP contribution in [-0.2, 0) is 13.1 Å². The van der Waals surface area contributed by atoms with E-state index < -0.39 is 0 Å². The summed E-state index contributed by atoms with van der Waals surface area (Å²) in [7, 11) is 0. The second-order valence-electron chi connectivity index (χ2n) is 10.3. The van der Waals surface area contributed by atoms with Crippen molar-refractivity contribution in [2.45, 2.75) is 47.7 Å². The largest absolute Gasteiger partial charge is 0.346 e. The van der Waals surface area contributed by atoms with E-state index >= 15 is 0 Å². The predicted molar refractivity (Wildman–Crippen MR) is 158 cm³/mol. The maximum Gasteiger partial charge on any atom is 0.173 e. The van der Waals surface area contributed by atoms with E-state index in [2.05, 4.69) is 101 Å². The standard InChI is InChI=1S/C30H37N7S/c1-21-11-13-26(14-12-21)19-36-25(5)29(23(3)32-36)31-30(38)35-17-15-34(16-18-35)20-28-22(2)33-37(24(28)4)27-9-7-6-8-10-27/h6-14H,15-20H2,1-5H3,(H,31,38). The van der Waals surface area contributed by atoms with Gasteiger partial charge in [0.2, 0.25) is 0 Å². The number of aryl methyl sites for hydroxylation is 3. The maximum absolute atomic E-state index is 5.84. The summed E-state index contributed by atoms with van der Waals surface area (Å²) in [6.45, 7) is 15.9. The average Bonchev–Trinajstić information content (AvgIpc) is 3.35. The van der Waals surface area contributed by atoms with E-state index in [1.807, 2.05) is 13.0 Å². The first-order chi connectivity index (χ1) is 18.3. The summed E-state index contributed by atoms with van der Waals surface area (Å²) in [4.78, 5) is 4.77. The highest BCUT2D eigenvalue weighted by atomic mass is 32.1. The molecule has 2 aromatic carbocycles. The molecule has 1 aliphatic rings. The van der Waals surface area contributed by atoms with Crippen molar-refractivity contribution in [3.8, 4) is 5.69 Å². The van der Waals surface area contributed by atoms with Gasteiger partial charge in [0.1, 0.15) is 0 Å². The predicted octanol–water partition coefficient (Wildman–Crippen LogP) is 5.17. The molecule has 38 heavy (non-hydrogen) atoms. The van der Waals surface area contributed by atoms with Crippen LogP contribution in [0.3, 0.4) is 0 Å². The minimum atomic E-state index is 0.750. The fourth-order valence-electron chi connectivity index (χ4n) is 5.14. The molecule has 0 radical (unpaired) electrons. The first-order valence-corrected chi connectivity index (χ1v) is 13.7. The minimum absolute atomic E-state index is 0.750. The highest BCUT2D eigenvalue weighted by Crippen LogP contribution is 2.23. The lowest BCUT2D eigenvalue weighted by molar-refractivity contribution is 0.176. The Kier molecular flexibility index (Phi) is 7.63. The van der Waals surface area contributed by atoms with E-state index in [9.17, 15) is 0 Å². The quantitative estimate of drug-likeness (QED) is 0.349. The van der Waals surface area contributed by atoms with Crippen LogP contribution in [-0.4, -0.2) is 60.7 Å². The van der Waals surface area contributed by atoms with Gasteiger partial charge >= 0.3 is 0 Å². The van der Waals surface area contributed by atoms with Gasteiger partial charge in [0, 0.05) is 44.0 Å². The molecule has 8 heteroatoms. The van der Waals surface area contributed by atoms with Gasteiger partial charge in [-0.2, -0.15) is 10.2 Å². The topological polar surface area (TPSA) is 54.2 Å². The van der Waals surface area contributed by atoms with Gasteiger partial charge in [-0.15, -0.1) is 0 Å². The summed E-state index contributed by atoms with van der Waals surface area (Å²) in [5.41, 5.74) is 10.3. The van der Waals surface area contributed by atoms with Gasteiger partial charge in [-0.3, -0.25) is 9.58 Å². The van der Waals surface area contributed by atoms with Crippen molar-refractivity contribution < 1.29 is 0 Å². The number of benzene rings is 2.